The molecule has 0 aliphatic rings. The van der Waals surface area contributed by atoms with Crippen molar-refractivity contribution in [3.8, 4) is 0 Å². The molecule has 0 bridgehead atoms. The molecule has 0 amide bonds. The van der Waals surface area contributed by atoms with Crippen molar-refractivity contribution in [1.29, 1.82) is 0 Å². The van der Waals surface area contributed by atoms with E-state index in [1.54, 1.807) is 0 Å². The monoisotopic (exact) mass is 154 g/mol. The van der Waals surface area contributed by atoms with Crippen molar-refractivity contribution in [3.63, 3.8) is 0 Å². The van der Waals surface area contributed by atoms with E-state index in [0.717, 1.165) is 12.1 Å². The average Bonchev–Trinajstić information content (AvgIpc) is 1.98. The molecule has 0 fully saturated rings. The molecule has 0 saturated carbocycles. The van der Waals surface area contributed by atoms with Crippen molar-refractivity contribution in [2.75, 3.05) is 14.1 Å². The predicted octanol–water partition coefficient (Wildman–Crippen LogP) is 2.28. The smallest absolute Gasteiger partial charge is 0.0902 e. The Hall–Kier alpha value is -0.790. The minimum absolute atomic E-state index is 1.08. The van der Waals surface area contributed by atoms with Crippen LogP contribution in [0.25, 0.3) is 0 Å². The Bertz CT molecular complexity index is 166. The van der Waals surface area contributed by atoms with Gasteiger partial charge < -0.3 is 4.90 Å². The van der Waals surface area contributed by atoms with Gasteiger partial charge in [0.2, 0.25) is 0 Å². The second-order valence-corrected chi connectivity index (χ2v) is 2.93. The lowest BCUT2D eigenvalue weighted by molar-refractivity contribution is 0.641. The van der Waals surface area contributed by atoms with Crippen LogP contribution in [0.1, 0.15) is 27.2 Å². The molecule has 0 saturated heterocycles. The van der Waals surface area contributed by atoms with Gasteiger partial charge in [-0.25, -0.2) is 4.99 Å². The van der Waals surface area contributed by atoms with Crippen LogP contribution in [-0.4, -0.2) is 25.3 Å². The van der Waals surface area contributed by atoms with E-state index in [4.69, 9.17) is 0 Å². The molecular weight excluding hydrogens is 136 g/mol. The van der Waals surface area contributed by atoms with Crippen LogP contribution in [0.4, 0.5) is 0 Å². The lowest BCUT2D eigenvalue weighted by atomic mass is 10.2. The number of nitrogens with zero attached hydrogens (tertiary/aromatic N) is 2. The Morgan fingerprint density at radius 2 is 1.91 bits per heavy atom. The van der Waals surface area contributed by atoms with Crippen molar-refractivity contribution >= 4 is 6.34 Å². The van der Waals surface area contributed by atoms with Crippen molar-refractivity contribution in [3.05, 3.63) is 11.3 Å². The molecule has 0 rings (SSSR count). The van der Waals surface area contributed by atoms with Gasteiger partial charge in [-0.05, 0) is 20.3 Å². The first kappa shape index (κ1) is 10.2. The third-order valence-electron chi connectivity index (χ3n) is 1.63. The largest absolute Gasteiger partial charge is 0.369 e. The van der Waals surface area contributed by atoms with Gasteiger partial charge in [0, 0.05) is 19.8 Å². The highest BCUT2D eigenvalue weighted by atomic mass is 15.1. The van der Waals surface area contributed by atoms with E-state index < -0.39 is 0 Å². The topological polar surface area (TPSA) is 15.6 Å². The molecule has 0 aliphatic carbocycles. The van der Waals surface area contributed by atoms with E-state index in [1.165, 1.54) is 5.57 Å². The Kier molecular flexibility index (Phi) is 4.59. The number of rotatable bonds is 3. The molecule has 0 heterocycles. The standard InChI is InChI=1S/C9H18N2/c1-6-8(2)9(3)10-7-11(4)5/h7H,6H2,1-5H3/b9-8+,10-7?. The first-order valence-corrected chi connectivity index (χ1v) is 3.95. The summed E-state index contributed by atoms with van der Waals surface area (Å²) in [7, 11) is 3.94. The zero-order chi connectivity index (χ0) is 8.85. The molecule has 64 valence electrons. The van der Waals surface area contributed by atoms with Crippen LogP contribution in [0.2, 0.25) is 0 Å². The number of hydrogen-bond acceptors (Lipinski definition) is 1. The normalized spacial score (nSPS) is 13.5. The zero-order valence-electron chi connectivity index (χ0n) is 8.18. The highest BCUT2D eigenvalue weighted by Gasteiger charge is 1.89. The van der Waals surface area contributed by atoms with Crippen molar-refractivity contribution in [1.82, 2.24) is 4.90 Å². The van der Waals surface area contributed by atoms with Crippen molar-refractivity contribution in [2.45, 2.75) is 27.2 Å². The minimum atomic E-state index is 1.08. The lowest BCUT2D eigenvalue weighted by Crippen LogP contribution is -2.07. The predicted molar refractivity (Wildman–Crippen MR) is 50.8 cm³/mol. The maximum Gasteiger partial charge on any atom is 0.0902 e. The van der Waals surface area contributed by atoms with Gasteiger partial charge in [0.15, 0.2) is 0 Å². The van der Waals surface area contributed by atoms with Gasteiger partial charge in [-0.15, -0.1) is 0 Å². The molecule has 0 unspecified atom stereocenters. The third kappa shape index (κ3) is 4.59. The molecular formula is C9H18N2. The average molecular weight is 154 g/mol. The molecule has 0 radical (unpaired) electrons. The van der Waals surface area contributed by atoms with E-state index in [2.05, 4.69) is 18.8 Å². The molecule has 0 aromatic heterocycles. The summed E-state index contributed by atoms with van der Waals surface area (Å²) in [6.45, 7) is 6.30. The van der Waals surface area contributed by atoms with Gasteiger partial charge in [-0.1, -0.05) is 12.5 Å². The van der Waals surface area contributed by atoms with Gasteiger partial charge in [-0.3, -0.25) is 0 Å². The van der Waals surface area contributed by atoms with E-state index in [1.807, 2.05) is 32.3 Å². The lowest BCUT2D eigenvalue weighted by Gasteiger charge is -2.03. The van der Waals surface area contributed by atoms with Crippen LogP contribution < -0.4 is 0 Å². The second-order valence-electron chi connectivity index (χ2n) is 2.93. The Morgan fingerprint density at radius 3 is 2.27 bits per heavy atom. The van der Waals surface area contributed by atoms with Crippen LogP contribution >= 0.6 is 0 Å². The molecule has 0 N–H and O–H groups in total. The van der Waals surface area contributed by atoms with Crippen LogP contribution in [0.15, 0.2) is 16.3 Å². The van der Waals surface area contributed by atoms with E-state index >= 15 is 0 Å². The van der Waals surface area contributed by atoms with Crippen LogP contribution in [-0.2, 0) is 0 Å². The van der Waals surface area contributed by atoms with E-state index in [-0.39, 0.29) is 0 Å². The summed E-state index contributed by atoms with van der Waals surface area (Å²) in [6.07, 6.45) is 2.91. The molecule has 0 aromatic carbocycles. The number of hydrogen-bond donors (Lipinski definition) is 0. The number of aliphatic imine (C=N–C) groups is 1. The molecule has 0 aromatic rings. The molecule has 0 aliphatic heterocycles. The maximum absolute atomic E-state index is 4.27. The van der Waals surface area contributed by atoms with Crippen LogP contribution in [0, 0.1) is 0 Å². The Balaban J connectivity index is 4.15. The first-order chi connectivity index (χ1) is 5.07. The van der Waals surface area contributed by atoms with Crippen molar-refractivity contribution < 1.29 is 0 Å². The molecule has 2 heteroatoms. The molecule has 0 spiro atoms. The SMILES string of the molecule is CC/C(C)=C(\C)N=CN(C)C. The van der Waals surface area contributed by atoms with Gasteiger partial charge in [0.25, 0.3) is 0 Å². The summed E-state index contributed by atoms with van der Waals surface area (Å²) in [4.78, 5) is 6.21. The van der Waals surface area contributed by atoms with Gasteiger partial charge in [0.05, 0.1) is 6.34 Å². The summed E-state index contributed by atoms with van der Waals surface area (Å²) in [5.74, 6) is 0. The van der Waals surface area contributed by atoms with Crippen molar-refractivity contribution in [2.24, 2.45) is 4.99 Å². The van der Waals surface area contributed by atoms with E-state index in [0.29, 0.717) is 0 Å². The summed E-state index contributed by atoms with van der Waals surface area (Å²) in [6, 6.07) is 0. The van der Waals surface area contributed by atoms with Crippen LogP contribution in [0.3, 0.4) is 0 Å². The third-order valence-corrected chi connectivity index (χ3v) is 1.63. The quantitative estimate of drug-likeness (QED) is 0.450. The first-order valence-electron chi connectivity index (χ1n) is 3.95. The van der Waals surface area contributed by atoms with Crippen LogP contribution in [0.5, 0.6) is 0 Å². The second kappa shape index (κ2) is 4.94. The summed E-state index contributed by atoms with van der Waals surface area (Å²) >= 11 is 0. The minimum Gasteiger partial charge on any atom is -0.369 e. The summed E-state index contributed by atoms with van der Waals surface area (Å²) < 4.78 is 0. The molecule has 2 nitrogen and oxygen atoms in total. The summed E-state index contributed by atoms with van der Waals surface area (Å²) in [5.41, 5.74) is 2.48. The highest BCUT2D eigenvalue weighted by molar-refractivity contribution is 5.55. The fourth-order valence-corrected chi connectivity index (χ4v) is 0.568. The fraction of sp³-hybridized carbons (Fsp3) is 0.667. The fourth-order valence-electron chi connectivity index (χ4n) is 0.568. The zero-order valence-corrected chi connectivity index (χ0v) is 8.18. The van der Waals surface area contributed by atoms with Gasteiger partial charge in [-0.2, -0.15) is 0 Å². The molecule has 11 heavy (non-hydrogen) atoms. The highest BCUT2D eigenvalue weighted by Crippen LogP contribution is 2.07. The van der Waals surface area contributed by atoms with E-state index in [9.17, 15) is 0 Å². The van der Waals surface area contributed by atoms with Gasteiger partial charge in [0.1, 0.15) is 0 Å². The number of allylic oxidation sites excluding steroid dienone is 2. The summed E-state index contributed by atoms with van der Waals surface area (Å²) in [5, 5.41) is 0. The maximum atomic E-state index is 4.27. The Labute approximate surface area is 69.6 Å². The Morgan fingerprint density at radius 1 is 1.36 bits per heavy atom. The van der Waals surface area contributed by atoms with Gasteiger partial charge >= 0.3 is 0 Å². The molecule has 0 atom stereocenters.